The highest BCUT2D eigenvalue weighted by Crippen LogP contribution is 2.34. The van der Waals surface area contributed by atoms with Crippen LogP contribution < -0.4 is 11.5 Å². The minimum absolute atomic E-state index is 0.00209. The van der Waals surface area contributed by atoms with E-state index in [2.05, 4.69) is 58.5 Å². The Kier molecular flexibility index (Phi) is 9.25. The number of benzene rings is 2. The zero-order valence-electron chi connectivity index (χ0n) is 27.4. The maximum absolute atomic E-state index is 13.0. The van der Waals surface area contributed by atoms with Gasteiger partial charge in [-0.25, -0.2) is 4.98 Å². The minimum atomic E-state index is -0.494. The molecule has 46 heavy (non-hydrogen) atoms. The van der Waals surface area contributed by atoms with Crippen molar-refractivity contribution in [1.29, 1.82) is 0 Å². The Morgan fingerprint density at radius 2 is 1.26 bits per heavy atom. The van der Waals surface area contributed by atoms with E-state index in [-0.39, 0.29) is 35.7 Å². The Labute approximate surface area is 272 Å². The summed E-state index contributed by atoms with van der Waals surface area (Å²) in [4.78, 5) is 42.8. The molecule has 2 saturated heterocycles. The van der Waals surface area contributed by atoms with Crippen molar-refractivity contribution >= 4 is 23.1 Å². The zero-order chi connectivity index (χ0) is 32.5. The minimum Gasteiger partial charge on any atom is -0.340 e. The van der Waals surface area contributed by atoms with Crippen LogP contribution in [0.4, 0.5) is 0 Å². The molecule has 242 valence electrons. The molecule has 0 saturated carbocycles. The third-order valence-corrected chi connectivity index (χ3v) is 9.92. The average Bonchev–Trinajstić information content (AvgIpc) is 3.89. The lowest BCUT2D eigenvalue weighted by Crippen LogP contribution is -2.50. The molecule has 3 aliphatic heterocycles. The van der Waals surface area contributed by atoms with Crippen LogP contribution in [0.25, 0.3) is 28.0 Å². The fourth-order valence-corrected chi connectivity index (χ4v) is 6.84. The number of imidazole rings is 1. The Bertz CT molecular complexity index is 1620. The monoisotopic (exact) mass is 621 g/mol. The van der Waals surface area contributed by atoms with Crippen molar-refractivity contribution in [1.82, 2.24) is 19.8 Å². The van der Waals surface area contributed by atoms with Crippen LogP contribution in [0.3, 0.4) is 0 Å². The van der Waals surface area contributed by atoms with Gasteiger partial charge < -0.3 is 26.3 Å². The van der Waals surface area contributed by atoms with Crippen LogP contribution in [0.15, 0.2) is 65.9 Å². The van der Waals surface area contributed by atoms with Crippen LogP contribution in [0.1, 0.15) is 77.2 Å². The van der Waals surface area contributed by atoms with Crippen molar-refractivity contribution in [2.24, 2.45) is 28.3 Å². The van der Waals surface area contributed by atoms with Crippen molar-refractivity contribution in [3.63, 3.8) is 0 Å². The Balaban J connectivity index is 1.08. The molecule has 0 aliphatic carbocycles. The molecule has 4 atom stereocenters. The number of rotatable bonds is 9. The SMILES string of the molecule is CC(C)[C@H](N)C(=O)N1CCCC1c1ncc(-c2ccc(-c3ccc(C4=CN=C([C@@H]5CCCN5C(=O)[C@@H](N)C(C)C)C4)cc3)cc2)[nH]1. The molecule has 1 unspecified atom stereocenters. The third kappa shape index (κ3) is 6.31. The first-order valence-electron chi connectivity index (χ1n) is 16.8. The lowest BCUT2D eigenvalue weighted by atomic mass is 9.96. The molecule has 2 amide bonds. The molecule has 4 heterocycles. The van der Waals surface area contributed by atoms with Gasteiger partial charge in [-0.1, -0.05) is 76.2 Å². The van der Waals surface area contributed by atoms with Crippen LogP contribution in [-0.4, -0.2) is 68.5 Å². The summed E-state index contributed by atoms with van der Waals surface area (Å²) in [6.07, 6.45) is 8.32. The summed E-state index contributed by atoms with van der Waals surface area (Å²) in [6.45, 7) is 9.42. The number of aromatic amines is 1. The number of hydrogen-bond donors (Lipinski definition) is 3. The van der Waals surface area contributed by atoms with Gasteiger partial charge in [0.15, 0.2) is 0 Å². The second kappa shape index (κ2) is 13.3. The first-order valence-corrected chi connectivity index (χ1v) is 16.8. The Morgan fingerprint density at radius 3 is 1.83 bits per heavy atom. The van der Waals surface area contributed by atoms with E-state index < -0.39 is 12.1 Å². The van der Waals surface area contributed by atoms with Gasteiger partial charge in [0.2, 0.25) is 11.8 Å². The van der Waals surface area contributed by atoms with Crippen LogP contribution in [-0.2, 0) is 9.59 Å². The predicted molar refractivity (Wildman–Crippen MR) is 184 cm³/mol. The van der Waals surface area contributed by atoms with Gasteiger partial charge in [0.05, 0.1) is 36.1 Å². The molecule has 9 nitrogen and oxygen atoms in total. The number of allylic oxidation sites excluding steroid dienone is 1. The lowest BCUT2D eigenvalue weighted by molar-refractivity contribution is -0.135. The first-order chi connectivity index (χ1) is 22.1. The predicted octanol–water partition coefficient (Wildman–Crippen LogP) is 5.55. The summed E-state index contributed by atoms with van der Waals surface area (Å²) in [5.41, 5.74) is 20.0. The number of nitrogens with one attached hydrogen (secondary N) is 1. The summed E-state index contributed by atoms with van der Waals surface area (Å²) in [5.74, 6) is 1.06. The fraction of sp³-hybridized carbons (Fsp3) is 0.459. The van der Waals surface area contributed by atoms with Gasteiger partial charge in [0.1, 0.15) is 5.82 Å². The molecule has 6 rings (SSSR count). The highest BCUT2D eigenvalue weighted by atomic mass is 16.2. The quantitative estimate of drug-likeness (QED) is 0.288. The number of carbonyl (C=O) groups is 2. The molecule has 3 aliphatic rings. The van der Waals surface area contributed by atoms with E-state index in [0.29, 0.717) is 6.54 Å². The highest BCUT2D eigenvalue weighted by molar-refractivity contribution is 6.03. The van der Waals surface area contributed by atoms with Gasteiger partial charge in [-0.2, -0.15) is 0 Å². The molecule has 0 spiro atoms. The molecule has 2 aromatic carbocycles. The smallest absolute Gasteiger partial charge is 0.240 e. The largest absolute Gasteiger partial charge is 0.340 e. The number of nitrogens with zero attached hydrogens (tertiary/aromatic N) is 4. The summed E-state index contributed by atoms with van der Waals surface area (Å²) in [6, 6.07) is 16.1. The normalized spacial score (nSPS) is 21.2. The van der Waals surface area contributed by atoms with Gasteiger partial charge in [-0.3, -0.25) is 14.6 Å². The van der Waals surface area contributed by atoms with Crippen LogP contribution in [0, 0.1) is 11.8 Å². The number of nitrogens with two attached hydrogens (primary N) is 2. The number of likely N-dealkylation sites (tertiary alicyclic amines) is 2. The first kappa shape index (κ1) is 31.9. The van der Waals surface area contributed by atoms with Gasteiger partial charge in [-0.05, 0) is 65.3 Å². The maximum atomic E-state index is 13.0. The zero-order valence-corrected chi connectivity index (χ0v) is 27.4. The number of aromatic nitrogens is 2. The molecule has 2 fully saturated rings. The molecule has 3 aromatic rings. The molecule has 0 radical (unpaired) electrons. The second-order valence-corrected chi connectivity index (χ2v) is 13.7. The standard InChI is InChI=1S/C37H47N7O2/c1-22(2)33(38)36(45)43-17-5-7-31(43)29-19-28(20-40-29)26-11-9-24(10-12-26)25-13-15-27(16-14-25)30-21-41-35(42-30)32-8-6-18-44(32)37(46)34(39)23(3)4/h9-16,20-23,31-34H,5-8,17-19,38-39H2,1-4H3,(H,41,42)/t31-,32?,33-,34-/m0/s1. The summed E-state index contributed by atoms with van der Waals surface area (Å²) in [5, 5.41) is 0. The van der Waals surface area contributed by atoms with Crippen molar-refractivity contribution < 1.29 is 9.59 Å². The van der Waals surface area contributed by atoms with Gasteiger partial charge in [-0.15, -0.1) is 0 Å². The van der Waals surface area contributed by atoms with E-state index in [4.69, 9.17) is 16.5 Å². The molecule has 5 N–H and O–H groups in total. The molecule has 9 heteroatoms. The molecular formula is C37H47N7O2. The number of aliphatic imine (C=N–C) groups is 1. The van der Waals surface area contributed by atoms with Crippen molar-refractivity contribution in [3.8, 4) is 22.4 Å². The van der Waals surface area contributed by atoms with Crippen molar-refractivity contribution in [2.45, 2.75) is 84.0 Å². The fourth-order valence-electron chi connectivity index (χ4n) is 6.84. The van der Waals surface area contributed by atoms with Crippen molar-refractivity contribution in [2.75, 3.05) is 13.1 Å². The maximum Gasteiger partial charge on any atom is 0.240 e. The van der Waals surface area contributed by atoms with Gasteiger partial charge in [0, 0.05) is 31.4 Å². The van der Waals surface area contributed by atoms with Crippen LogP contribution in [0.2, 0.25) is 0 Å². The van der Waals surface area contributed by atoms with Gasteiger partial charge in [0.25, 0.3) is 0 Å². The number of carbonyl (C=O) groups excluding carboxylic acids is 2. The number of H-pyrrole nitrogens is 1. The van der Waals surface area contributed by atoms with E-state index >= 15 is 0 Å². The van der Waals surface area contributed by atoms with E-state index in [1.807, 2.05) is 49.9 Å². The van der Waals surface area contributed by atoms with E-state index in [9.17, 15) is 9.59 Å². The molecule has 0 bridgehead atoms. The Morgan fingerprint density at radius 1 is 0.761 bits per heavy atom. The highest BCUT2D eigenvalue weighted by Gasteiger charge is 2.37. The summed E-state index contributed by atoms with van der Waals surface area (Å²) >= 11 is 0. The van der Waals surface area contributed by atoms with E-state index in [0.717, 1.165) is 78.1 Å². The van der Waals surface area contributed by atoms with Crippen LogP contribution in [0.5, 0.6) is 0 Å². The third-order valence-electron chi connectivity index (χ3n) is 9.92. The van der Waals surface area contributed by atoms with Crippen molar-refractivity contribution in [3.05, 3.63) is 72.3 Å². The molecule has 1 aromatic heterocycles. The number of amides is 2. The van der Waals surface area contributed by atoms with Gasteiger partial charge >= 0.3 is 0 Å². The molecular weight excluding hydrogens is 574 g/mol. The Hall–Kier alpha value is -4.08. The summed E-state index contributed by atoms with van der Waals surface area (Å²) < 4.78 is 0. The van der Waals surface area contributed by atoms with Crippen LogP contribution >= 0.6 is 0 Å². The van der Waals surface area contributed by atoms with E-state index in [1.165, 1.54) is 5.57 Å². The summed E-state index contributed by atoms with van der Waals surface area (Å²) in [7, 11) is 0. The van der Waals surface area contributed by atoms with E-state index in [1.54, 1.807) is 0 Å². The second-order valence-electron chi connectivity index (χ2n) is 13.7. The lowest BCUT2D eigenvalue weighted by Gasteiger charge is -2.29. The number of hydrogen-bond acceptors (Lipinski definition) is 6. The average molecular weight is 622 g/mol. The topological polar surface area (TPSA) is 134 Å².